The van der Waals surface area contributed by atoms with E-state index in [0.717, 1.165) is 0 Å². The van der Waals surface area contributed by atoms with Gasteiger partial charge in [0, 0.05) is 17.9 Å². The van der Waals surface area contributed by atoms with Gasteiger partial charge >= 0.3 is 0 Å². The van der Waals surface area contributed by atoms with Crippen LogP contribution in [0.1, 0.15) is 10.4 Å². The molecule has 2 fully saturated rings. The largest absolute Gasteiger partial charge is 0.349 e. The highest BCUT2D eigenvalue weighted by atomic mass is 32.2. The van der Waals surface area contributed by atoms with Gasteiger partial charge in [-0.1, -0.05) is 30.0 Å². The molecular weight excluding hydrogens is 296 g/mol. The topological polar surface area (TPSA) is 66.8 Å². The number of fused-ring (bicyclic) bond motifs is 1. The molecule has 2 heterocycles. The van der Waals surface area contributed by atoms with E-state index in [4.69, 9.17) is 0 Å². The molecule has 0 aromatic heterocycles. The van der Waals surface area contributed by atoms with Crippen molar-refractivity contribution in [2.24, 2.45) is 4.99 Å². The molecule has 106 valence electrons. The second-order valence-electron chi connectivity index (χ2n) is 4.98. The lowest BCUT2D eigenvalue weighted by Crippen LogP contribution is -2.34. The van der Waals surface area contributed by atoms with E-state index in [1.165, 1.54) is 11.8 Å². The fourth-order valence-electron chi connectivity index (χ4n) is 2.47. The van der Waals surface area contributed by atoms with E-state index in [9.17, 15) is 13.2 Å². The number of hydrogen-bond acceptors (Lipinski definition) is 4. The van der Waals surface area contributed by atoms with Gasteiger partial charge in [0.1, 0.15) is 0 Å². The summed E-state index contributed by atoms with van der Waals surface area (Å²) < 4.78 is 23.2. The molecule has 0 N–H and O–H groups in total. The van der Waals surface area contributed by atoms with Gasteiger partial charge in [-0.25, -0.2) is 8.42 Å². The second-order valence-corrected chi connectivity index (χ2v) is 8.34. The van der Waals surface area contributed by atoms with Crippen molar-refractivity contribution in [3.05, 3.63) is 35.9 Å². The summed E-state index contributed by atoms with van der Waals surface area (Å²) in [5.41, 5.74) is 0.540. The predicted octanol–water partition coefficient (Wildman–Crippen LogP) is 1.03. The zero-order valence-electron chi connectivity index (χ0n) is 10.9. The number of hydrogen-bond donors (Lipinski definition) is 0. The summed E-state index contributed by atoms with van der Waals surface area (Å²) in [6.45, 7) is 0. The van der Waals surface area contributed by atoms with Gasteiger partial charge in [-0.15, -0.1) is 0 Å². The standard InChI is InChI=1S/C13H14N2O3S2/c1-15-10-7-20(17,18)8-11(10)19-13(15)14-12(16)9-5-3-2-4-6-9/h2-6,10-11H,7-8H2,1H3/t10-,11+/m0/s1. The lowest BCUT2D eigenvalue weighted by molar-refractivity contribution is 0.100. The first-order valence-corrected chi connectivity index (χ1v) is 8.94. The number of amidine groups is 1. The Labute approximate surface area is 122 Å². The van der Waals surface area contributed by atoms with Crippen molar-refractivity contribution in [1.82, 2.24) is 4.90 Å². The first-order chi connectivity index (χ1) is 9.46. The van der Waals surface area contributed by atoms with E-state index < -0.39 is 9.84 Å². The summed E-state index contributed by atoms with van der Waals surface area (Å²) in [6, 6.07) is 8.80. The highest BCUT2D eigenvalue weighted by Gasteiger charge is 2.47. The van der Waals surface area contributed by atoms with Gasteiger partial charge in [0.25, 0.3) is 5.91 Å². The number of sulfone groups is 1. The first-order valence-electron chi connectivity index (χ1n) is 6.24. The molecule has 1 aromatic rings. The summed E-state index contributed by atoms with van der Waals surface area (Å²) in [7, 11) is -1.14. The highest BCUT2D eigenvalue weighted by molar-refractivity contribution is 8.15. The van der Waals surface area contributed by atoms with Crippen LogP contribution >= 0.6 is 11.8 Å². The Balaban J connectivity index is 1.80. The van der Waals surface area contributed by atoms with Crippen LogP contribution in [0.4, 0.5) is 0 Å². The molecule has 7 heteroatoms. The Bertz CT molecular complexity index is 670. The molecule has 3 rings (SSSR count). The molecule has 0 bridgehead atoms. The van der Waals surface area contributed by atoms with E-state index in [1.807, 2.05) is 11.0 Å². The van der Waals surface area contributed by atoms with Crippen LogP contribution in [0.3, 0.4) is 0 Å². The minimum Gasteiger partial charge on any atom is -0.349 e. The number of amides is 1. The van der Waals surface area contributed by atoms with Crippen molar-refractivity contribution in [2.75, 3.05) is 18.6 Å². The quantitative estimate of drug-likeness (QED) is 0.775. The average Bonchev–Trinajstić information content (AvgIpc) is 2.85. The van der Waals surface area contributed by atoms with Gasteiger partial charge in [-0.05, 0) is 12.1 Å². The molecule has 0 radical (unpaired) electrons. The molecule has 20 heavy (non-hydrogen) atoms. The van der Waals surface area contributed by atoms with E-state index in [-0.39, 0.29) is 28.7 Å². The maximum Gasteiger partial charge on any atom is 0.279 e. The van der Waals surface area contributed by atoms with Crippen molar-refractivity contribution in [2.45, 2.75) is 11.3 Å². The third-order valence-electron chi connectivity index (χ3n) is 3.55. The van der Waals surface area contributed by atoms with Crippen molar-refractivity contribution in [1.29, 1.82) is 0 Å². The van der Waals surface area contributed by atoms with Gasteiger partial charge < -0.3 is 4.90 Å². The molecule has 0 unspecified atom stereocenters. The van der Waals surface area contributed by atoms with E-state index in [0.29, 0.717) is 10.7 Å². The number of nitrogens with zero attached hydrogens (tertiary/aromatic N) is 2. The Morgan fingerprint density at radius 1 is 1.30 bits per heavy atom. The van der Waals surface area contributed by atoms with E-state index in [1.54, 1.807) is 31.3 Å². The molecule has 0 aliphatic carbocycles. The lowest BCUT2D eigenvalue weighted by Gasteiger charge is -2.17. The molecule has 2 aliphatic rings. The maximum absolute atomic E-state index is 12.0. The second kappa shape index (κ2) is 4.89. The molecule has 0 saturated carbocycles. The summed E-state index contributed by atoms with van der Waals surface area (Å²) in [6.07, 6.45) is 0. The van der Waals surface area contributed by atoms with Crippen molar-refractivity contribution < 1.29 is 13.2 Å². The number of carbonyl (C=O) groups is 1. The number of carbonyl (C=O) groups excluding carboxylic acids is 1. The smallest absolute Gasteiger partial charge is 0.279 e. The van der Waals surface area contributed by atoms with Gasteiger partial charge in [-0.3, -0.25) is 4.79 Å². The molecule has 1 aromatic carbocycles. The third-order valence-corrected chi connectivity index (χ3v) is 6.85. The Morgan fingerprint density at radius 2 is 2.00 bits per heavy atom. The maximum atomic E-state index is 12.0. The first kappa shape index (κ1) is 13.6. The zero-order valence-corrected chi connectivity index (χ0v) is 12.5. The Morgan fingerprint density at radius 3 is 2.65 bits per heavy atom. The molecule has 2 saturated heterocycles. The van der Waals surface area contributed by atoms with Crippen LogP contribution in [-0.4, -0.2) is 54.2 Å². The Kier molecular flexibility index (Phi) is 3.33. The van der Waals surface area contributed by atoms with Crippen LogP contribution in [0.5, 0.6) is 0 Å². The minimum atomic E-state index is -2.94. The number of thioether (sulfide) groups is 1. The fraction of sp³-hybridized carbons (Fsp3) is 0.385. The fourth-order valence-corrected chi connectivity index (χ4v) is 6.46. The van der Waals surface area contributed by atoms with Crippen molar-refractivity contribution in [3.8, 4) is 0 Å². The van der Waals surface area contributed by atoms with E-state index in [2.05, 4.69) is 4.99 Å². The van der Waals surface area contributed by atoms with Crippen LogP contribution in [0.15, 0.2) is 35.3 Å². The van der Waals surface area contributed by atoms with Crippen LogP contribution in [0.25, 0.3) is 0 Å². The molecular formula is C13H14N2O3S2. The predicted molar refractivity (Wildman–Crippen MR) is 79.8 cm³/mol. The van der Waals surface area contributed by atoms with Crippen LogP contribution in [0.2, 0.25) is 0 Å². The van der Waals surface area contributed by atoms with Crippen LogP contribution in [0, 0.1) is 0 Å². The number of benzene rings is 1. The third kappa shape index (κ3) is 2.47. The summed E-state index contributed by atoms with van der Waals surface area (Å²) >= 11 is 1.39. The van der Waals surface area contributed by atoms with Gasteiger partial charge in [0.05, 0.1) is 17.5 Å². The molecule has 0 spiro atoms. The molecule has 2 atom stereocenters. The van der Waals surface area contributed by atoms with Crippen LogP contribution in [-0.2, 0) is 9.84 Å². The lowest BCUT2D eigenvalue weighted by atomic mass is 10.2. The summed E-state index contributed by atoms with van der Waals surface area (Å²) in [5, 5.41) is 0.607. The van der Waals surface area contributed by atoms with Gasteiger partial charge in [0.2, 0.25) is 0 Å². The minimum absolute atomic E-state index is 0.00711. The number of aliphatic imine (C=N–C) groups is 1. The van der Waals surface area contributed by atoms with Crippen molar-refractivity contribution >= 4 is 32.7 Å². The molecule has 5 nitrogen and oxygen atoms in total. The zero-order chi connectivity index (χ0) is 14.3. The normalized spacial score (nSPS) is 29.6. The van der Waals surface area contributed by atoms with E-state index >= 15 is 0 Å². The SMILES string of the molecule is CN1C(=NC(=O)c2ccccc2)S[C@@H]2CS(=O)(=O)C[C@@H]21. The number of rotatable bonds is 1. The Hall–Kier alpha value is -1.34. The monoisotopic (exact) mass is 310 g/mol. The van der Waals surface area contributed by atoms with Crippen LogP contribution < -0.4 is 0 Å². The van der Waals surface area contributed by atoms with Gasteiger partial charge in [-0.2, -0.15) is 4.99 Å². The highest BCUT2D eigenvalue weighted by Crippen LogP contribution is 2.37. The average molecular weight is 310 g/mol. The molecule has 2 aliphatic heterocycles. The molecule has 1 amide bonds. The summed E-state index contributed by atoms with van der Waals surface area (Å²) in [4.78, 5) is 18.0. The summed E-state index contributed by atoms with van der Waals surface area (Å²) in [5.74, 6) is 0.0352. The van der Waals surface area contributed by atoms with Crippen molar-refractivity contribution in [3.63, 3.8) is 0 Å². The van der Waals surface area contributed by atoms with Gasteiger partial charge in [0.15, 0.2) is 15.0 Å².